The first kappa shape index (κ1) is 10.7. The Bertz CT molecular complexity index is 687. The number of aryl methyl sites for hydroxylation is 1. The summed E-state index contributed by atoms with van der Waals surface area (Å²) in [5, 5.41) is 4.86. The van der Waals surface area contributed by atoms with Crippen molar-refractivity contribution < 1.29 is 9.26 Å². The molecule has 0 saturated carbocycles. The van der Waals surface area contributed by atoms with Gasteiger partial charge in [0.15, 0.2) is 0 Å². The van der Waals surface area contributed by atoms with Gasteiger partial charge in [-0.25, -0.2) is 0 Å². The van der Waals surface area contributed by atoms with Gasteiger partial charge in [-0.3, -0.25) is 0 Å². The number of nitrogen functional groups attached to an aromatic ring is 1. The quantitative estimate of drug-likeness (QED) is 0.696. The molecular formula is C14H12N2O2. The van der Waals surface area contributed by atoms with E-state index in [1.54, 1.807) is 12.1 Å². The van der Waals surface area contributed by atoms with Gasteiger partial charge in [0.2, 0.25) is 0 Å². The lowest BCUT2D eigenvalue weighted by molar-refractivity contribution is 0.404. The van der Waals surface area contributed by atoms with Gasteiger partial charge in [0.1, 0.15) is 22.8 Å². The largest absolute Gasteiger partial charge is 0.457 e. The average molecular weight is 240 g/mol. The van der Waals surface area contributed by atoms with E-state index in [0.717, 1.165) is 28.2 Å². The van der Waals surface area contributed by atoms with Gasteiger partial charge in [-0.15, -0.1) is 0 Å². The number of hydrogen-bond acceptors (Lipinski definition) is 4. The number of hydrogen-bond donors (Lipinski definition) is 1. The summed E-state index contributed by atoms with van der Waals surface area (Å²) in [6, 6.07) is 12.9. The zero-order valence-electron chi connectivity index (χ0n) is 9.88. The van der Waals surface area contributed by atoms with Gasteiger partial charge in [0, 0.05) is 5.69 Å². The Labute approximate surface area is 104 Å². The third kappa shape index (κ3) is 1.78. The van der Waals surface area contributed by atoms with Crippen molar-refractivity contribution in [3.8, 4) is 11.5 Å². The molecule has 0 fully saturated rings. The van der Waals surface area contributed by atoms with E-state index >= 15 is 0 Å². The molecule has 2 N–H and O–H groups in total. The highest BCUT2D eigenvalue weighted by Crippen LogP contribution is 2.32. The maximum absolute atomic E-state index is 5.83. The highest BCUT2D eigenvalue weighted by atomic mass is 16.5. The molecule has 0 atom stereocenters. The molecule has 0 radical (unpaired) electrons. The van der Waals surface area contributed by atoms with Crippen LogP contribution in [-0.2, 0) is 0 Å². The van der Waals surface area contributed by atoms with Crippen LogP contribution in [0.5, 0.6) is 11.5 Å². The zero-order chi connectivity index (χ0) is 12.5. The smallest absolute Gasteiger partial charge is 0.145 e. The minimum absolute atomic E-state index is 0.710. The molecule has 1 heterocycles. The average Bonchev–Trinajstić information content (AvgIpc) is 2.75. The Hall–Kier alpha value is -2.49. The lowest BCUT2D eigenvalue weighted by Gasteiger charge is -2.06. The molecule has 4 nitrogen and oxygen atoms in total. The molecule has 0 amide bonds. The topological polar surface area (TPSA) is 61.3 Å². The summed E-state index contributed by atoms with van der Waals surface area (Å²) in [4.78, 5) is 0. The summed E-state index contributed by atoms with van der Waals surface area (Å²) in [5.74, 6) is 2.21. The molecule has 0 aliphatic rings. The van der Waals surface area contributed by atoms with Gasteiger partial charge in [-0.05, 0) is 43.3 Å². The Kier molecular flexibility index (Phi) is 2.41. The van der Waals surface area contributed by atoms with Crippen LogP contribution < -0.4 is 10.5 Å². The van der Waals surface area contributed by atoms with Crippen molar-refractivity contribution in [2.75, 3.05) is 5.73 Å². The Morgan fingerprint density at radius 3 is 2.67 bits per heavy atom. The number of ether oxygens (including phenoxy) is 1. The molecule has 0 bridgehead atoms. The third-order valence-electron chi connectivity index (χ3n) is 2.75. The van der Waals surface area contributed by atoms with E-state index in [-0.39, 0.29) is 0 Å². The Morgan fingerprint density at radius 2 is 1.89 bits per heavy atom. The van der Waals surface area contributed by atoms with Crippen LogP contribution in [0, 0.1) is 6.92 Å². The maximum atomic E-state index is 5.83. The monoisotopic (exact) mass is 240 g/mol. The molecule has 1 aromatic heterocycles. The van der Waals surface area contributed by atoms with Crippen molar-refractivity contribution in [1.82, 2.24) is 5.16 Å². The Morgan fingerprint density at radius 1 is 1.11 bits per heavy atom. The van der Waals surface area contributed by atoms with Crippen LogP contribution in [0.15, 0.2) is 47.0 Å². The van der Waals surface area contributed by atoms with E-state index in [2.05, 4.69) is 5.16 Å². The third-order valence-corrected chi connectivity index (χ3v) is 2.75. The van der Waals surface area contributed by atoms with Gasteiger partial charge < -0.3 is 15.0 Å². The molecule has 3 rings (SSSR count). The van der Waals surface area contributed by atoms with E-state index in [0.29, 0.717) is 5.69 Å². The van der Waals surface area contributed by atoms with Gasteiger partial charge in [-0.1, -0.05) is 11.2 Å². The van der Waals surface area contributed by atoms with Crippen molar-refractivity contribution in [3.05, 3.63) is 48.2 Å². The van der Waals surface area contributed by atoms with Crippen LogP contribution in [0.25, 0.3) is 10.9 Å². The molecular weight excluding hydrogens is 228 g/mol. The molecule has 0 spiro atoms. The summed E-state index contributed by atoms with van der Waals surface area (Å²) in [7, 11) is 0. The molecule has 2 aromatic carbocycles. The van der Waals surface area contributed by atoms with Crippen LogP contribution in [0.1, 0.15) is 5.76 Å². The normalized spacial score (nSPS) is 10.7. The number of benzene rings is 2. The van der Waals surface area contributed by atoms with Crippen LogP contribution in [0.3, 0.4) is 0 Å². The van der Waals surface area contributed by atoms with Gasteiger partial charge >= 0.3 is 0 Å². The fourth-order valence-corrected chi connectivity index (χ4v) is 1.86. The first-order chi connectivity index (χ1) is 8.74. The molecule has 90 valence electrons. The molecule has 4 heteroatoms. The second-order valence-corrected chi connectivity index (χ2v) is 4.06. The number of rotatable bonds is 2. The highest BCUT2D eigenvalue weighted by molar-refractivity contribution is 5.87. The van der Waals surface area contributed by atoms with Crippen molar-refractivity contribution in [3.63, 3.8) is 0 Å². The standard InChI is InChI=1S/C14H12N2O2/c1-9-14-12(16-18-9)3-2-4-13(14)17-11-7-5-10(15)6-8-11/h2-8H,15H2,1H3. The summed E-state index contributed by atoms with van der Waals surface area (Å²) >= 11 is 0. The highest BCUT2D eigenvalue weighted by Gasteiger charge is 2.10. The zero-order valence-corrected chi connectivity index (χ0v) is 9.88. The van der Waals surface area contributed by atoms with Crippen molar-refractivity contribution in [1.29, 1.82) is 0 Å². The number of nitrogens with two attached hydrogens (primary N) is 1. The van der Waals surface area contributed by atoms with E-state index in [1.165, 1.54) is 0 Å². The summed E-state index contributed by atoms with van der Waals surface area (Å²) < 4.78 is 11.0. The fraction of sp³-hybridized carbons (Fsp3) is 0.0714. The van der Waals surface area contributed by atoms with Gasteiger partial charge in [0.05, 0.1) is 5.39 Å². The van der Waals surface area contributed by atoms with Gasteiger partial charge in [-0.2, -0.15) is 0 Å². The second-order valence-electron chi connectivity index (χ2n) is 4.06. The number of anilines is 1. The summed E-state index contributed by atoms with van der Waals surface area (Å²) in [5.41, 5.74) is 7.14. The fourth-order valence-electron chi connectivity index (χ4n) is 1.86. The van der Waals surface area contributed by atoms with Crippen molar-refractivity contribution in [2.45, 2.75) is 6.92 Å². The van der Waals surface area contributed by atoms with E-state index in [9.17, 15) is 0 Å². The maximum Gasteiger partial charge on any atom is 0.145 e. The molecule has 3 aromatic rings. The van der Waals surface area contributed by atoms with Crippen molar-refractivity contribution in [2.24, 2.45) is 0 Å². The summed E-state index contributed by atoms with van der Waals surface area (Å²) in [6.07, 6.45) is 0. The first-order valence-corrected chi connectivity index (χ1v) is 5.62. The number of fused-ring (bicyclic) bond motifs is 1. The second kappa shape index (κ2) is 4.07. The molecule has 0 aliphatic heterocycles. The molecule has 0 saturated heterocycles. The lowest BCUT2D eigenvalue weighted by Crippen LogP contribution is -1.87. The van der Waals surface area contributed by atoms with E-state index in [4.69, 9.17) is 15.0 Å². The summed E-state index contributed by atoms with van der Waals surface area (Å²) in [6.45, 7) is 1.87. The van der Waals surface area contributed by atoms with Crippen LogP contribution in [-0.4, -0.2) is 5.16 Å². The predicted molar refractivity (Wildman–Crippen MR) is 69.7 cm³/mol. The minimum atomic E-state index is 0.710. The first-order valence-electron chi connectivity index (χ1n) is 5.62. The van der Waals surface area contributed by atoms with Crippen LogP contribution >= 0.6 is 0 Å². The number of aromatic nitrogens is 1. The predicted octanol–water partition coefficient (Wildman–Crippen LogP) is 3.51. The molecule has 0 aliphatic carbocycles. The van der Waals surface area contributed by atoms with E-state index in [1.807, 2.05) is 37.3 Å². The van der Waals surface area contributed by atoms with Crippen LogP contribution in [0.4, 0.5) is 5.69 Å². The van der Waals surface area contributed by atoms with Crippen molar-refractivity contribution >= 4 is 16.6 Å². The van der Waals surface area contributed by atoms with E-state index < -0.39 is 0 Å². The SMILES string of the molecule is Cc1onc2cccc(Oc3ccc(N)cc3)c12. The minimum Gasteiger partial charge on any atom is -0.457 e. The molecule has 0 unspecified atom stereocenters. The van der Waals surface area contributed by atoms with Crippen LogP contribution in [0.2, 0.25) is 0 Å². The number of nitrogens with zero attached hydrogens (tertiary/aromatic N) is 1. The van der Waals surface area contributed by atoms with Gasteiger partial charge in [0.25, 0.3) is 0 Å². The lowest BCUT2D eigenvalue weighted by atomic mass is 10.2. The molecule has 18 heavy (non-hydrogen) atoms. The Balaban J connectivity index is 2.04.